The summed E-state index contributed by atoms with van der Waals surface area (Å²) in [6.07, 6.45) is 3.67. The van der Waals surface area contributed by atoms with Crippen LogP contribution in [0.4, 0.5) is 0 Å². The number of aromatic nitrogens is 2. The molecule has 0 saturated heterocycles. The fourth-order valence-corrected chi connectivity index (χ4v) is 4.69. The van der Waals surface area contributed by atoms with Crippen molar-refractivity contribution in [3.05, 3.63) is 114 Å². The van der Waals surface area contributed by atoms with Gasteiger partial charge in [-0.3, -0.25) is 4.79 Å². The number of amides is 1. The standard InChI is InChI=1S/C32H38N4O/c1-24(2)21-30(36(20-10-19-33)32(37)28-17-15-25(3)16-18-28)31-34-29(27-13-8-5-9-14-27)23-35(31)22-26-11-6-4-7-12-26/h4-9,11-18,23-24,30H,10,19-22,33H2,1-3H3. The maximum Gasteiger partial charge on any atom is 0.254 e. The normalized spacial score (nSPS) is 12.0. The molecule has 37 heavy (non-hydrogen) atoms. The Morgan fingerprint density at radius 2 is 1.59 bits per heavy atom. The highest BCUT2D eigenvalue weighted by molar-refractivity contribution is 5.94. The number of carbonyl (C=O) groups is 1. The number of hydrogen-bond acceptors (Lipinski definition) is 3. The molecular formula is C32H38N4O. The molecule has 2 N–H and O–H groups in total. The monoisotopic (exact) mass is 494 g/mol. The lowest BCUT2D eigenvalue weighted by Gasteiger charge is -2.33. The molecule has 0 spiro atoms. The maximum atomic E-state index is 14.0. The van der Waals surface area contributed by atoms with Gasteiger partial charge in [-0.05, 0) is 49.9 Å². The molecule has 0 bridgehead atoms. The molecule has 4 rings (SSSR count). The van der Waals surface area contributed by atoms with Crippen LogP contribution in [0.25, 0.3) is 11.3 Å². The van der Waals surface area contributed by atoms with Crippen molar-refractivity contribution in [3.8, 4) is 11.3 Å². The number of imidazole rings is 1. The van der Waals surface area contributed by atoms with Gasteiger partial charge in [0.05, 0.1) is 11.7 Å². The van der Waals surface area contributed by atoms with E-state index in [1.54, 1.807) is 0 Å². The lowest BCUT2D eigenvalue weighted by atomic mass is 9.99. The summed E-state index contributed by atoms with van der Waals surface area (Å²) in [7, 11) is 0. The molecule has 0 saturated carbocycles. The Morgan fingerprint density at radius 3 is 2.22 bits per heavy atom. The van der Waals surface area contributed by atoms with Crippen molar-refractivity contribution in [1.29, 1.82) is 0 Å². The molecule has 5 nitrogen and oxygen atoms in total. The second kappa shape index (κ2) is 12.5. The van der Waals surface area contributed by atoms with E-state index in [-0.39, 0.29) is 11.9 Å². The number of rotatable bonds is 11. The van der Waals surface area contributed by atoms with Gasteiger partial charge in [0.15, 0.2) is 0 Å². The molecule has 192 valence electrons. The van der Waals surface area contributed by atoms with Crippen LogP contribution >= 0.6 is 0 Å². The predicted molar refractivity (Wildman–Crippen MR) is 151 cm³/mol. The first kappa shape index (κ1) is 26.4. The zero-order valence-corrected chi connectivity index (χ0v) is 22.2. The Morgan fingerprint density at radius 1 is 0.946 bits per heavy atom. The van der Waals surface area contributed by atoms with E-state index in [0.717, 1.165) is 35.5 Å². The second-order valence-electron chi connectivity index (χ2n) is 10.1. The van der Waals surface area contributed by atoms with Gasteiger partial charge in [0.1, 0.15) is 5.82 Å². The van der Waals surface area contributed by atoms with Gasteiger partial charge in [0.25, 0.3) is 5.91 Å². The number of benzene rings is 3. The first-order valence-electron chi connectivity index (χ1n) is 13.2. The molecule has 1 aromatic heterocycles. The third-order valence-corrected chi connectivity index (χ3v) is 6.60. The van der Waals surface area contributed by atoms with Crippen molar-refractivity contribution in [2.45, 2.75) is 46.2 Å². The largest absolute Gasteiger partial charge is 0.330 e. The van der Waals surface area contributed by atoms with Crippen LogP contribution in [0.1, 0.15) is 60.0 Å². The van der Waals surface area contributed by atoms with Crippen molar-refractivity contribution in [2.24, 2.45) is 11.7 Å². The zero-order chi connectivity index (χ0) is 26.2. The summed E-state index contributed by atoms with van der Waals surface area (Å²) in [4.78, 5) is 21.1. The highest BCUT2D eigenvalue weighted by atomic mass is 16.2. The smallest absolute Gasteiger partial charge is 0.254 e. The molecule has 0 fully saturated rings. The van der Waals surface area contributed by atoms with Crippen LogP contribution in [0.2, 0.25) is 0 Å². The number of carbonyl (C=O) groups excluding carboxylic acids is 1. The quantitative estimate of drug-likeness (QED) is 0.259. The van der Waals surface area contributed by atoms with Crippen molar-refractivity contribution in [3.63, 3.8) is 0 Å². The highest BCUT2D eigenvalue weighted by Gasteiger charge is 2.30. The average molecular weight is 495 g/mol. The minimum atomic E-state index is -0.179. The zero-order valence-electron chi connectivity index (χ0n) is 22.2. The van der Waals surface area contributed by atoms with E-state index in [4.69, 9.17) is 10.7 Å². The molecule has 3 aromatic carbocycles. The molecule has 0 aliphatic heterocycles. The van der Waals surface area contributed by atoms with Crippen molar-refractivity contribution >= 4 is 5.91 Å². The predicted octanol–water partition coefficient (Wildman–Crippen LogP) is 6.49. The molecule has 4 aromatic rings. The summed E-state index contributed by atoms with van der Waals surface area (Å²) in [5, 5.41) is 0. The minimum Gasteiger partial charge on any atom is -0.330 e. The van der Waals surface area contributed by atoms with E-state index in [0.29, 0.717) is 31.1 Å². The van der Waals surface area contributed by atoms with Gasteiger partial charge in [-0.25, -0.2) is 4.98 Å². The molecule has 1 atom stereocenters. The van der Waals surface area contributed by atoms with Crippen molar-refractivity contribution < 1.29 is 4.79 Å². The number of hydrogen-bond donors (Lipinski definition) is 1. The number of nitrogens with two attached hydrogens (primary N) is 1. The summed E-state index contributed by atoms with van der Waals surface area (Å²) in [6.45, 7) is 8.24. The lowest BCUT2D eigenvalue weighted by molar-refractivity contribution is 0.0638. The Hall–Kier alpha value is -3.70. The van der Waals surface area contributed by atoms with E-state index in [9.17, 15) is 4.79 Å². The van der Waals surface area contributed by atoms with E-state index in [2.05, 4.69) is 61.0 Å². The van der Waals surface area contributed by atoms with E-state index >= 15 is 0 Å². The Labute approximate surface area is 221 Å². The van der Waals surface area contributed by atoms with E-state index in [1.165, 1.54) is 5.56 Å². The third-order valence-electron chi connectivity index (χ3n) is 6.60. The molecule has 1 unspecified atom stereocenters. The first-order chi connectivity index (χ1) is 18.0. The van der Waals surface area contributed by atoms with Crippen molar-refractivity contribution in [1.82, 2.24) is 14.5 Å². The van der Waals surface area contributed by atoms with Gasteiger partial charge in [-0.1, -0.05) is 92.2 Å². The second-order valence-corrected chi connectivity index (χ2v) is 10.1. The SMILES string of the molecule is Cc1ccc(C(=O)N(CCCN)C(CC(C)C)c2nc(-c3ccccc3)cn2Cc2ccccc2)cc1. The van der Waals surface area contributed by atoms with Crippen LogP contribution in [0.3, 0.4) is 0 Å². The molecule has 0 radical (unpaired) electrons. The number of aryl methyl sites for hydroxylation is 1. The van der Waals surface area contributed by atoms with Crippen LogP contribution in [-0.2, 0) is 6.54 Å². The first-order valence-corrected chi connectivity index (χ1v) is 13.2. The molecule has 0 aliphatic rings. The molecule has 0 aliphatic carbocycles. The number of nitrogens with zero attached hydrogens (tertiary/aromatic N) is 3. The lowest BCUT2D eigenvalue weighted by Crippen LogP contribution is -2.38. The summed E-state index contributed by atoms with van der Waals surface area (Å²) < 4.78 is 2.22. The van der Waals surface area contributed by atoms with Gasteiger partial charge >= 0.3 is 0 Å². The maximum absolute atomic E-state index is 14.0. The van der Waals surface area contributed by atoms with Crippen LogP contribution < -0.4 is 5.73 Å². The summed E-state index contributed by atoms with van der Waals surface area (Å²) in [5.74, 6) is 1.31. The average Bonchev–Trinajstić information content (AvgIpc) is 3.33. The van der Waals surface area contributed by atoms with E-state index < -0.39 is 0 Å². The minimum absolute atomic E-state index is 0.0228. The van der Waals surface area contributed by atoms with Gasteiger partial charge < -0.3 is 15.2 Å². The molecular weight excluding hydrogens is 456 g/mol. The Kier molecular flexibility index (Phi) is 8.91. The third kappa shape index (κ3) is 6.75. The van der Waals surface area contributed by atoms with Crippen LogP contribution in [0.5, 0.6) is 0 Å². The van der Waals surface area contributed by atoms with Gasteiger partial charge in [-0.2, -0.15) is 0 Å². The van der Waals surface area contributed by atoms with Gasteiger partial charge in [0.2, 0.25) is 0 Å². The molecule has 1 heterocycles. The van der Waals surface area contributed by atoms with Crippen LogP contribution in [0.15, 0.2) is 91.1 Å². The Balaban J connectivity index is 1.82. The van der Waals surface area contributed by atoms with E-state index in [1.807, 2.05) is 60.4 Å². The van der Waals surface area contributed by atoms with Gasteiger partial charge in [0, 0.05) is 30.4 Å². The van der Waals surface area contributed by atoms with Crippen LogP contribution in [-0.4, -0.2) is 33.4 Å². The fraction of sp³-hybridized carbons (Fsp3) is 0.312. The molecule has 5 heteroatoms. The summed E-state index contributed by atoms with van der Waals surface area (Å²) in [6, 6.07) is 28.3. The van der Waals surface area contributed by atoms with Crippen molar-refractivity contribution in [2.75, 3.05) is 13.1 Å². The Bertz CT molecular complexity index is 1260. The fourth-order valence-electron chi connectivity index (χ4n) is 4.69. The van der Waals surface area contributed by atoms with Gasteiger partial charge in [-0.15, -0.1) is 0 Å². The summed E-state index contributed by atoms with van der Waals surface area (Å²) in [5.41, 5.74) is 10.9. The summed E-state index contributed by atoms with van der Waals surface area (Å²) >= 11 is 0. The molecule has 1 amide bonds. The topological polar surface area (TPSA) is 64.2 Å². The van der Waals surface area contributed by atoms with Crippen LogP contribution in [0, 0.1) is 12.8 Å². The highest BCUT2D eigenvalue weighted by Crippen LogP contribution is 2.32.